The SMILES string of the molecule is COc1ccc(C)cc1S(=O)(=O)NCC(O)c1ccc2c(c1)CCO2. The Morgan fingerprint density at radius 3 is 2.84 bits per heavy atom. The maximum atomic E-state index is 12.6. The van der Waals surface area contributed by atoms with Crippen LogP contribution in [-0.4, -0.2) is 33.8 Å². The van der Waals surface area contributed by atoms with Crippen molar-refractivity contribution < 1.29 is 23.0 Å². The van der Waals surface area contributed by atoms with Crippen molar-refractivity contribution >= 4 is 10.0 Å². The fraction of sp³-hybridized carbons (Fsp3) is 0.333. The van der Waals surface area contributed by atoms with Gasteiger partial charge in [0.1, 0.15) is 16.4 Å². The molecule has 0 bridgehead atoms. The number of nitrogens with one attached hydrogen (secondary N) is 1. The largest absolute Gasteiger partial charge is 0.495 e. The van der Waals surface area contributed by atoms with E-state index >= 15 is 0 Å². The second-order valence-electron chi connectivity index (χ2n) is 5.99. The molecule has 1 aliphatic rings. The quantitative estimate of drug-likeness (QED) is 0.819. The molecule has 1 atom stereocenters. The Kier molecular flexibility index (Phi) is 4.99. The molecule has 25 heavy (non-hydrogen) atoms. The second-order valence-corrected chi connectivity index (χ2v) is 7.72. The number of benzene rings is 2. The van der Waals surface area contributed by atoms with E-state index in [1.54, 1.807) is 37.3 Å². The maximum Gasteiger partial charge on any atom is 0.244 e. The van der Waals surface area contributed by atoms with Crippen molar-refractivity contribution in [1.82, 2.24) is 4.72 Å². The predicted molar refractivity (Wildman–Crippen MR) is 93.5 cm³/mol. The lowest BCUT2D eigenvalue weighted by atomic mass is 10.0. The summed E-state index contributed by atoms with van der Waals surface area (Å²) in [6, 6.07) is 10.3. The van der Waals surface area contributed by atoms with Crippen LogP contribution < -0.4 is 14.2 Å². The Balaban J connectivity index is 1.75. The molecule has 0 saturated heterocycles. The first-order valence-electron chi connectivity index (χ1n) is 7.99. The summed E-state index contributed by atoms with van der Waals surface area (Å²) in [5, 5.41) is 10.3. The van der Waals surface area contributed by atoms with Crippen molar-refractivity contribution in [3.63, 3.8) is 0 Å². The van der Waals surface area contributed by atoms with Crippen LogP contribution in [0.15, 0.2) is 41.3 Å². The van der Waals surface area contributed by atoms with Gasteiger partial charge in [-0.25, -0.2) is 13.1 Å². The monoisotopic (exact) mass is 363 g/mol. The summed E-state index contributed by atoms with van der Waals surface area (Å²) in [4.78, 5) is 0.0598. The molecule has 1 aliphatic heterocycles. The minimum absolute atomic E-state index is 0.0598. The lowest BCUT2D eigenvalue weighted by Crippen LogP contribution is -2.29. The average Bonchev–Trinajstić information content (AvgIpc) is 3.07. The number of fused-ring (bicyclic) bond motifs is 1. The van der Waals surface area contributed by atoms with Crippen LogP contribution in [-0.2, 0) is 16.4 Å². The standard InChI is InChI=1S/C18H21NO5S/c1-12-3-5-17(23-2)18(9-12)25(21,22)19-11-15(20)13-4-6-16-14(10-13)7-8-24-16/h3-6,9-10,15,19-20H,7-8,11H2,1-2H3. The smallest absolute Gasteiger partial charge is 0.244 e. The van der Waals surface area contributed by atoms with Gasteiger partial charge in [-0.05, 0) is 47.9 Å². The van der Waals surface area contributed by atoms with Crippen molar-refractivity contribution in [3.8, 4) is 11.5 Å². The normalized spacial score (nSPS) is 14.7. The highest BCUT2D eigenvalue weighted by atomic mass is 32.2. The molecule has 134 valence electrons. The van der Waals surface area contributed by atoms with Crippen LogP contribution in [0.5, 0.6) is 11.5 Å². The number of rotatable bonds is 6. The van der Waals surface area contributed by atoms with E-state index in [1.807, 2.05) is 6.07 Å². The second kappa shape index (κ2) is 7.03. The van der Waals surface area contributed by atoms with Gasteiger partial charge in [0.05, 0.1) is 19.8 Å². The molecule has 2 N–H and O–H groups in total. The zero-order valence-electron chi connectivity index (χ0n) is 14.2. The summed E-state index contributed by atoms with van der Waals surface area (Å²) in [5.41, 5.74) is 2.49. The van der Waals surface area contributed by atoms with Crippen LogP contribution in [0.4, 0.5) is 0 Å². The van der Waals surface area contributed by atoms with Gasteiger partial charge >= 0.3 is 0 Å². The predicted octanol–water partition coefficient (Wildman–Crippen LogP) is 1.95. The van der Waals surface area contributed by atoms with Gasteiger partial charge in [-0.2, -0.15) is 0 Å². The van der Waals surface area contributed by atoms with Crippen LogP contribution in [0.25, 0.3) is 0 Å². The third-order valence-electron chi connectivity index (χ3n) is 4.17. The summed E-state index contributed by atoms with van der Waals surface area (Å²) in [7, 11) is -2.38. The molecule has 1 unspecified atom stereocenters. The summed E-state index contributed by atoms with van der Waals surface area (Å²) >= 11 is 0. The van der Waals surface area contributed by atoms with Crippen LogP contribution >= 0.6 is 0 Å². The number of ether oxygens (including phenoxy) is 2. The molecule has 0 fully saturated rings. The highest BCUT2D eigenvalue weighted by Gasteiger charge is 2.22. The topological polar surface area (TPSA) is 84.9 Å². The molecule has 0 aliphatic carbocycles. The van der Waals surface area contributed by atoms with E-state index in [1.165, 1.54) is 7.11 Å². The Morgan fingerprint density at radius 2 is 2.08 bits per heavy atom. The molecule has 2 aromatic carbocycles. The minimum atomic E-state index is -3.80. The molecular formula is C18H21NO5S. The molecule has 0 spiro atoms. The van der Waals surface area contributed by atoms with Gasteiger partial charge in [0, 0.05) is 13.0 Å². The van der Waals surface area contributed by atoms with Gasteiger partial charge in [-0.3, -0.25) is 0 Å². The number of sulfonamides is 1. The van der Waals surface area contributed by atoms with E-state index in [-0.39, 0.29) is 17.2 Å². The highest BCUT2D eigenvalue weighted by molar-refractivity contribution is 7.89. The first kappa shape index (κ1) is 17.7. The fourth-order valence-corrected chi connectivity index (χ4v) is 4.08. The van der Waals surface area contributed by atoms with Gasteiger partial charge in [-0.1, -0.05) is 12.1 Å². The minimum Gasteiger partial charge on any atom is -0.495 e. The van der Waals surface area contributed by atoms with Crippen molar-refractivity contribution in [2.75, 3.05) is 20.3 Å². The number of methoxy groups -OCH3 is 1. The molecule has 1 heterocycles. The molecule has 2 aromatic rings. The van der Waals surface area contributed by atoms with E-state index in [9.17, 15) is 13.5 Å². The van der Waals surface area contributed by atoms with Gasteiger partial charge < -0.3 is 14.6 Å². The maximum absolute atomic E-state index is 12.6. The van der Waals surface area contributed by atoms with E-state index in [2.05, 4.69) is 4.72 Å². The Bertz CT molecular complexity index is 879. The summed E-state index contributed by atoms with van der Waals surface area (Å²) in [6.07, 6.45) is -0.154. The highest BCUT2D eigenvalue weighted by Crippen LogP contribution is 2.29. The van der Waals surface area contributed by atoms with Gasteiger partial charge in [0.2, 0.25) is 10.0 Å². The third kappa shape index (κ3) is 3.78. The Hall–Kier alpha value is -2.09. The lowest BCUT2D eigenvalue weighted by molar-refractivity contribution is 0.182. The Morgan fingerprint density at radius 1 is 1.28 bits per heavy atom. The molecule has 0 radical (unpaired) electrons. The average molecular weight is 363 g/mol. The number of aliphatic hydroxyl groups is 1. The van der Waals surface area contributed by atoms with Gasteiger partial charge in [-0.15, -0.1) is 0 Å². The zero-order valence-corrected chi connectivity index (χ0v) is 15.0. The van der Waals surface area contributed by atoms with Crippen LogP contribution in [0.2, 0.25) is 0 Å². The van der Waals surface area contributed by atoms with Crippen LogP contribution in [0.1, 0.15) is 22.8 Å². The number of aliphatic hydroxyl groups excluding tert-OH is 1. The Labute approximate surface area is 147 Å². The third-order valence-corrected chi connectivity index (χ3v) is 5.62. The van der Waals surface area contributed by atoms with Crippen molar-refractivity contribution in [2.45, 2.75) is 24.3 Å². The molecular weight excluding hydrogens is 342 g/mol. The van der Waals surface area contributed by atoms with Crippen molar-refractivity contribution in [3.05, 3.63) is 53.1 Å². The first-order chi connectivity index (χ1) is 11.9. The molecule has 0 aromatic heterocycles. The van der Waals surface area contributed by atoms with E-state index in [4.69, 9.17) is 9.47 Å². The fourth-order valence-electron chi connectivity index (χ4n) is 2.79. The molecule has 6 nitrogen and oxygen atoms in total. The molecule has 0 saturated carbocycles. The van der Waals surface area contributed by atoms with Crippen molar-refractivity contribution in [1.29, 1.82) is 0 Å². The number of hydrogen-bond donors (Lipinski definition) is 2. The van der Waals surface area contributed by atoms with E-state index in [0.29, 0.717) is 12.2 Å². The first-order valence-corrected chi connectivity index (χ1v) is 9.47. The summed E-state index contributed by atoms with van der Waals surface area (Å²) in [6.45, 7) is 2.31. The van der Waals surface area contributed by atoms with E-state index < -0.39 is 16.1 Å². The van der Waals surface area contributed by atoms with Crippen LogP contribution in [0, 0.1) is 6.92 Å². The summed E-state index contributed by atoms with van der Waals surface area (Å²) in [5.74, 6) is 1.09. The van der Waals surface area contributed by atoms with E-state index in [0.717, 1.165) is 23.3 Å². The molecule has 0 amide bonds. The van der Waals surface area contributed by atoms with Gasteiger partial charge in [0.15, 0.2) is 0 Å². The lowest BCUT2D eigenvalue weighted by Gasteiger charge is -2.15. The van der Waals surface area contributed by atoms with Crippen LogP contribution in [0.3, 0.4) is 0 Å². The number of aryl methyl sites for hydroxylation is 1. The number of hydrogen-bond acceptors (Lipinski definition) is 5. The molecule has 3 rings (SSSR count). The summed E-state index contributed by atoms with van der Waals surface area (Å²) < 4.78 is 38.2. The van der Waals surface area contributed by atoms with Crippen molar-refractivity contribution in [2.24, 2.45) is 0 Å². The zero-order chi connectivity index (χ0) is 18.0. The molecule has 7 heteroatoms. The van der Waals surface area contributed by atoms with Gasteiger partial charge in [0.25, 0.3) is 0 Å².